The quantitative estimate of drug-likeness (QED) is 0.635. The van der Waals surface area contributed by atoms with Crippen LogP contribution in [-0.4, -0.2) is 17.5 Å². The Hall–Kier alpha value is -0.630. The van der Waals surface area contributed by atoms with Gasteiger partial charge >= 0.3 is 0 Å². The van der Waals surface area contributed by atoms with E-state index in [0.717, 1.165) is 6.42 Å². The molecule has 1 atom stereocenters. The van der Waals surface area contributed by atoms with E-state index in [1.165, 1.54) is 0 Å². The van der Waals surface area contributed by atoms with Crippen molar-refractivity contribution in [1.82, 2.24) is 0 Å². The summed E-state index contributed by atoms with van der Waals surface area (Å²) in [6.07, 6.45) is 4.83. The van der Waals surface area contributed by atoms with Crippen LogP contribution >= 0.6 is 0 Å². The highest BCUT2D eigenvalue weighted by Gasteiger charge is 2.46. The summed E-state index contributed by atoms with van der Waals surface area (Å²) >= 11 is 0. The SMILES string of the molecule is CC1(C)C=CC[C@]1(C)C(=O)CO. The summed E-state index contributed by atoms with van der Waals surface area (Å²) < 4.78 is 0. The molecule has 12 heavy (non-hydrogen) atoms. The van der Waals surface area contributed by atoms with Crippen LogP contribution in [0.5, 0.6) is 0 Å². The van der Waals surface area contributed by atoms with Gasteiger partial charge < -0.3 is 5.11 Å². The number of hydrogen-bond donors (Lipinski definition) is 1. The molecule has 1 rings (SSSR count). The molecule has 0 unspecified atom stereocenters. The molecule has 0 fully saturated rings. The molecule has 0 aliphatic heterocycles. The van der Waals surface area contributed by atoms with E-state index in [0.29, 0.717) is 0 Å². The van der Waals surface area contributed by atoms with Gasteiger partial charge in [0.15, 0.2) is 5.78 Å². The standard InChI is InChI=1S/C10H16O2/c1-9(2)5-4-6-10(9,3)8(12)7-11/h4-5,11H,6-7H2,1-3H3/t10-/m1/s1. The third-order valence-corrected chi connectivity index (χ3v) is 3.24. The number of aliphatic hydroxyl groups is 1. The molecule has 1 aliphatic rings. The molecule has 0 amide bonds. The van der Waals surface area contributed by atoms with Crippen molar-refractivity contribution in [2.24, 2.45) is 10.8 Å². The van der Waals surface area contributed by atoms with Crippen LogP contribution in [0.1, 0.15) is 27.2 Å². The van der Waals surface area contributed by atoms with Gasteiger partial charge in [-0.15, -0.1) is 0 Å². The highest BCUT2D eigenvalue weighted by atomic mass is 16.3. The fourth-order valence-corrected chi connectivity index (χ4v) is 1.68. The molecule has 2 heteroatoms. The van der Waals surface area contributed by atoms with Crippen molar-refractivity contribution in [1.29, 1.82) is 0 Å². The Bertz CT molecular complexity index is 228. The predicted octanol–water partition coefficient (Wildman–Crippen LogP) is 1.54. The summed E-state index contributed by atoms with van der Waals surface area (Å²) in [5.74, 6) is -0.0579. The number of allylic oxidation sites excluding steroid dienone is 2. The molecule has 1 aliphatic carbocycles. The molecule has 1 N–H and O–H groups in total. The molecular formula is C10H16O2. The van der Waals surface area contributed by atoms with Crippen molar-refractivity contribution in [3.63, 3.8) is 0 Å². The lowest BCUT2D eigenvalue weighted by molar-refractivity contribution is -0.134. The molecule has 0 aromatic rings. The van der Waals surface area contributed by atoms with Crippen LogP contribution in [0.2, 0.25) is 0 Å². The molecule has 0 saturated heterocycles. The van der Waals surface area contributed by atoms with Gasteiger partial charge in [-0.3, -0.25) is 4.79 Å². The number of rotatable bonds is 2. The Kier molecular flexibility index (Phi) is 2.13. The first-order chi connectivity index (χ1) is 5.44. The Morgan fingerprint density at radius 3 is 2.42 bits per heavy atom. The number of hydrogen-bond acceptors (Lipinski definition) is 2. The van der Waals surface area contributed by atoms with Gasteiger partial charge in [0, 0.05) is 5.41 Å². The Morgan fingerprint density at radius 1 is 1.50 bits per heavy atom. The molecular weight excluding hydrogens is 152 g/mol. The Labute approximate surface area is 73.3 Å². The van der Waals surface area contributed by atoms with E-state index in [9.17, 15) is 4.79 Å². The minimum atomic E-state index is -0.401. The molecule has 0 aromatic heterocycles. The normalized spacial score (nSPS) is 32.3. The number of carbonyl (C=O) groups excluding carboxylic acids is 1. The predicted molar refractivity (Wildman–Crippen MR) is 47.7 cm³/mol. The van der Waals surface area contributed by atoms with Crippen molar-refractivity contribution < 1.29 is 9.90 Å². The lowest BCUT2D eigenvalue weighted by Gasteiger charge is -2.36. The number of aliphatic hydroxyl groups excluding tert-OH is 1. The third-order valence-electron chi connectivity index (χ3n) is 3.24. The van der Waals surface area contributed by atoms with E-state index in [2.05, 4.69) is 6.08 Å². The van der Waals surface area contributed by atoms with Gasteiger partial charge in [0.25, 0.3) is 0 Å². The summed E-state index contributed by atoms with van der Waals surface area (Å²) in [5, 5.41) is 8.82. The van der Waals surface area contributed by atoms with Crippen molar-refractivity contribution >= 4 is 5.78 Å². The maximum absolute atomic E-state index is 11.5. The second kappa shape index (κ2) is 2.70. The molecule has 68 valence electrons. The monoisotopic (exact) mass is 168 g/mol. The van der Waals surface area contributed by atoms with E-state index in [1.54, 1.807) is 0 Å². The molecule has 0 heterocycles. The minimum absolute atomic E-state index is 0.0579. The summed E-state index contributed by atoms with van der Waals surface area (Å²) in [7, 11) is 0. The highest BCUT2D eigenvalue weighted by Crippen LogP contribution is 2.48. The zero-order valence-electron chi connectivity index (χ0n) is 7.92. The molecule has 0 bridgehead atoms. The van der Waals surface area contributed by atoms with E-state index >= 15 is 0 Å². The van der Waals surface area contributed by atoms with Crippen molar-refractivity contribution in [2.45, 2.75) is 27.2 Å². The molecule has 0 spiro atoms. The maximum Gasteiger partial charge on any atom is 0.165 e. The Balaban J connectivity index is 2.94. The van der Waals surface area contributed by atoms with Gasteiger partial charge in [-0.2, -0.15) is 0 Å². The van der Waals surface area contributed by atoms with E-state index in [-0.39, 0.29) is 17.8 Å². The third kappa shape index (κ3) is 1.11. The summed E-state index contributed by atoms with van der Waals surface area (Å²) in [6.45, 7) is 5.64. The van der Waals surface area contributed by atoms with Crippen molar-refractivity contribution in [3.05, 3.63) is 12.2 Å². The van der Waals surface area contributed by atoms with Crippen LogP contribution in [-0.2, 0) is 4.79 Å². The van der Waals surface area contributed by atoms with E-state index < -0.39 is 5.41 Å². The Morgan fingerprint density at radius 2 is 2.08 bits per heavy atom. The zero-order valence-corrected chi connectivity index (χ0v) is 7.92. The minimum Gasteiger partial charge on any atom is -0.389 e. The van der Waals surface area contributed by atoms with Crippen LogP contribution in [0.15, 0.2) is 12.2 Å². The average Bonchev–Trinajstić information content (AvgIpc) is 2.26. The van der Waals surface area contributed by atoms with Gasteiger partial charge in [0.1, 0.15) is 6.61 Å². The topological polar surface area (TPSA) is 37.3 Å². The van der Waals surface area contributed by atoms with E-state index in [1.807, 2.05) is 26.8 Å². The molecule has 0 radical (unpaired) electrons. The average molecular weight is 168 g/mol. The largest absolute Gasteiger partial charge is 0.389 e. The van der Waals surface area contributed by atoms with Gasteiger partial charge in [0.2, 0.25) is 0 Å². The fourth-order valence-electron chi connectivity index (χ4n) is 1.68. The number of carbonyl (C=O) groups is 1. The fraction of sp³-hybridized carbons (Fsp3) is 0.700. The highest BCUT2D eigenvalue weighted by molar-refractivity contribution is 5.87. The van der Waals surface area contributed by atoms with Crippen LogP contribution in [0.4, 0.5) is 0 Å². The second-order valence-corrected chi connectivity index (χ2v) is 4.24. The summed E-state index contributed by atoms with van der Waals surface area (Å²) in [6, 6.07) is 0. The number of ketones is 1. The molecule has 0 saturated carbocycles. The first-order valence-corrected chi connectivity index (χ1v) is 4.26. The first-order valence-electron chi connectivity index (χ1n) is 4.26. The summed E-state index contributed by atoms with van der Waals surface area (Å²) in [5.41, 5.74) is -0.519. The summed E-state index contributed by atoms with van der Waals surface area (Å²) in [4.78, 5) is 11.5. The van der Waals surface area contributed by atoms with Crippen LogP contribution < -0.4 is 0 Å². The van der Waals surface area contributed by atoms with Gasteiger partial charge in [-0.05, 0) is 11.8 Å². The lowest BCUT2D eigenvalue weighted by Crippen LogP contribution is -2.39. The van der Waals surface area contributed by atoms with Gasteiger partial charge in [-0.1, -0.05) is 32.9 Å². The second-order valence-electron chi connectivity index (χ2n) is 4.24. The van der Waals surface area contributed by atoms with Crippen LogP contribution in [0.3, 0.4) is 0 Å². The van der Waals surface area contributed by atoms with Crippen molar-refractivity contribution in [2.75, 3.05) is 6.61 Å². The molecule has 2 nitrogen and oxygen atoms in total. The van der Waals surface area contributed by atoms with Gasteiger partial charge in [0.05, 0.1) is 0 Å². The van der Waals surface area contributed by atoms with Crippen LogP contribution in [0.25, 0.3) is 0 Å². The first kappa shape index (κ1) is 9.46. The smallest absolute Gasteiger partial charge is 0.165 e. The zero-order chi connectivity index (χ0) is 9.41. The van der Waals surface area contributed by atoms with Crippen molar-refractivity contribution in [3.8, 4) is 0 Å². The maximum atomic E-state index is 11.5. The number of Topliss-reactive ketones (excluding diaryl/α,β-unsaturated/α-hetero) is 1. The van der Waals surface area contributed by atoms with Crippen LogP contribution in [0, 0.1) is 10.8 Å². The van der Waals surface area contributed by atoms with Gasteiger partial charge in [-0.25, -0.2) is 0 Å². The van der Waals surface area contributed by atoms with E-state index in [4.69, 9.17) is 5.11 Å². The molecule has 0 aromatic carbocycles. The lowest BCUT2D eigenvalue weighted by atomic mass is 9.66.